The van der Waals surface area contributed by atoms with E-state index in [9.17, 15) is 4.79 Å². The first-order valence-electron chi connectivity index (χ1n) is 11.4. The third kappa shape index (κ3) is 5.08. The second kappa shape index (κ2) is 8.65. The lowest BCUT2D eigenvalue weighted by molar-refractivity contribution is 0.00578. The summed E-state index contributed by atoms with van der Waals surface area (Å²) in [6, 6.07) is 4.26. The highest BCUT2D eigenvalue weighted by molar-refractivity contribution is 6.62. The van der Waals surface area contributed by atoms with Gasteiger partial charge in [0, 0.05) is 38.3 Å². The maximum atomic E-state index is 12.4. The number of carbonyl (C=O) groups is 1. The Morgan fingerprint density at radius 1 is 1.12 bits per heavy atom. The summed E-state index contributed by atoms with van der Waals surface area (Å²) in [5, 5.41) is 0. The van der Waals surface area contributed by atoms with E-state index in [1.165, 1.54) is 0 Å². The zero-order chi connectivity index (χ0) is 23.9. The van der Waals surface area contributed by atoms with Crippen LogP contribution in [0.5, 0.6) is 0 Å². The molecule has 2 aliphatic rings. The van der Waals surface area contributed by atoms with Crippen molar-refractivity contribution >= 4 is 24.4 Å². The summed E-state index contributed by atoms with van der Waals surface area (Å²) in [5.74, 6) is 2.78. The van der Waals surface area contributed by atoms with Gasteiger partial charge >= 0.3 is 13.2 Å². The molecule has 0 atom stereocenters. The topological polar surface area (TPSA) is 51.2 Å². The van der Waals surface area contributed by atoms with Gasteiger partial charge in [-0.25, -0.2) is 4.79 Å². The van der Waals surface area contributed by atoms with Crippen LogP contribution in [0.1, 0.15) is 59.6 Å². The van der Waals surface area contributed by atoms with Crippen molar-refractivity contribution in [3.63, 3.8) is 0 Å². The molecule has 2 saturated heterocycles. The summed E-state index contributed by atoms with van der Waals surface area (Å²) >= 11 is 0. The first-order chi connectivity index (χ1) is 14.7. The first kappa shape index (κ1) is 24.5. The summed E-state index contributed by atoms with van der Waals surface area (Å²) in [5.41, 5.74) is 3.04. The van der Waals surface area contributed by atoms with Crippen LogP contribution in [0.2, 0.25) is 0 Å². The molecule has 174 valence electrons. The Morgan fingerprint density at radius 2 is 1.69 bits per heavy atom. The molecule has 0 unspecified atom stereocenters. The van der Waals surface area contributed by atoms with Crippen molar-refractivity contribution < 1.29 is 18.8 Å². The van der Waals surface area contributed by atoms with E-state index in [0.717, 1.165) is 35.4 Å². The normalized spacial score (nSPS) is 20.3. The Bertz CT molecular complexity index is 890. The number of hydrogen-bond donors (Lipinski definition) is 0. The summed E-state index contributed by atoms with van der Waals surface area (Å²) in [4.78, 5) is 16.5. The lowest BCUT2D eigenvalue weighted by Crippen LogP contribution is -2.50. The number of anilines is 1. The molecule has 3 rings (SSSR count). The molecule has 2 heterocycles. The molecule has 1 aromatic rings. The molecule has 0 radical (unpaired) electrons. The molecule has 0 saturated carbocycles. The quantitative estimate of drug-likeness (QED) is 0.532. The second-order valence-electron chi connectivity index (χ2n) is 10.7. The zero-order valence-electron chi connectivity index (χ0n) is 20.9. The smallest absolute Gasteiger partial charge is 0.444 e. The van der Waals surface area contributed by atoms with E-state index in [1.807, 2.05) is 20.8 Å². The minimum atomic E-state index is -0.494. The van der Waals surface area contributed by atoms with Crippen LogP contribution in [0.3, 0.4) is 0 Å². The highest BCUT2D eigenvalue weighted by atomic mass is 16.7. The Morgan fingerprint density at radius 3 is 2.19 bits per heavy atom. The number of nitrogens with zero attached hydrogens (tertiary/aromatic N) is 2. The lowest BCUT2D eigenvalue weighted by Gasteiger charge is -2.37. The van der Waals surface area contributed by atoms with E-state index >= 15 is 0 Å². The molecular weight excluding hydrogens is 403 g/mol. The number of benzene rings is 1. The van der Waals surface area contributed by atoms with Crippen LogP contribution in [-0.2, 0) is 20.5 Å². The van der Waals surface area contributed by atoms with Gasteiger partial charge in [0.2, 0.25) is 0 Å². The van der Waals surface area contributed by atoms with Crippen LogP contribution in [0, 0.1) is 19.3 Å². The average Bonchev–Trinajstić information content (AvgIpc) is 2.89. The minimum Gasteiger partial charge on any atom is -0.444 e. The van der Waals surface area contributed by atoms with Gasteiger partial charge in [-0.1, -0.05) is 6.07 Å². The van der Waals surface area contributed by atoms with Gasteiger partial charge in [0.25, 0.3) is 0 Å². The molecular formula is C25H37BN2O4. The van der Waals surface area contributed by atoms with Crippen molar-refractivity contribution in [2.24, 2.45) is 0 Å². The van der Waals surface area contributed by atoms with Gasteiger partial charge < -0.3 is 23.8 Å². The van der Waals surface area contributed by atoms with E-state index in [-0.39, 0.29) is 6.09 Å². The molecule has 32 heavy (non-hydrogen) atoms. The van der Waals surface area contributed by atoms with Crippen LogP contribution in [0.25, 0.3) is 0 Å². The standard InChI is InChI=1S/C25H37BN2O4/c1-10-11-19-16-20(26-31-24(6,7)25(8,9)32-26)17-21(18(19)2)27-12-14-28(15-13-27)22(29)30-23(3,4)5/h1,16-17H,11-15H2,2-9H3. The second-order valence-corrected chi connectivity index (χ2v) is 10.7. The fourth-order valence-electron chi connectivity index (χ4n) is 3.98. The van der Waals surface area contributed by atoms with Gasteiger partial charge in [-0.15, -0.1) is 12.3 Å². The maximum absolute atomic E-state index is 12.4. The molecule has 2 aliphatic heterocycles. The Labute approximate surface area is 193 Å². The number of ether oxygens (including phenoxy) is 1. The Balaban J connectivity index is 1.83. The van der Waals surface area contributed by atoms with Crippen LogP contribution in [-0.4, -0.2) is 61.1 Å². The first-order valence-corrected chi connectivity index (χ1v) is 11.4. The molecule has 0 aliphatic carbocycles. The number of piperazine rings is 1. The van der Waals surface area contributed by atoms with Gasteiger partial charge in [0.15, 0.2) is 0 Å². The number of amides is 1. The van der Waals surface area contributed by atoms with Crippen molar-refractivity contribution in [1.29, 1.82) is 0 Å². The van der Waals surface area contributed by atoms with Crippen LogP contribution < -0.4 is 10.4 Å². The van der Waals surface area contributed by atoms with E-state index < -0.39 is 23.9 Å². The summed E-state index contributed by atoms with van der Waals surface area (Å²) in [7, 11) is -0.445. The number of rotatable bonds is 3. The summed E-state index contributed by atoms with van der Waals surface area (Å²) < 4.78 is 18.1. The average molecular weight is 440 g/mol. The molecule has 0 aromatic heterocycles. The highest BCUT2D eigenvalue weighted by Crippen LogP contribution is 2.37. The van der Waals surface area contributed by atoms with Gasteiger partial charge in [-0.05, 0) is 78.0 Å². The zero-order valence-corrected chi connectivity index (χ0v) is 20.9. The third-order valence-corrected chi connectivity index (χ3v) is 6.60. The third-order valence-electron chi connectivity index (χ3n) is 6.60. The van der Waals surface area contributed by atoms with Gasteiger partial charge in [0.05, 0.1) is 11.2 Å². The van der Waals surface area contributed by atoms with Crippen molar-refractivity contribution in [1.82, 2.24) is 4.90 Å². The fraction of sp³-hybridized carbons (Fsp3) is 0.640. The summed E-state index contributed by atoms with van der Waals surface area (Å²) in [6.45, 7) is 18.7. The number of terminal acetylenes is 1. The van der Waals surface area contributed by atoms with E-state index in [0.29, 0.717) is 19.5 Å². The van der Waals surface area contributed by atoms with Gasteiger partial charge in [0.1, 0.15) is 5.60 Å². The molecule has 0 bridgehead atoms. The van der Waals surface area contributed by atoms with E-state index in [1.54, 1.807) is 4.90 Å². The van der Waals surface area contributed by atoms with Crippen LogP contribution in [0.4, 0.5) is 10.5 Å². The van der Waals surface area contributed by atoms with Gasteiger partial charge in [-0.2, -0.15) is 0 Å². The van der Waals surface area contributed by atoms with Crippen molar-refractivity contribution in [3.05, 3.63) is 23.3 Å². The monoisotopic (exact) mass is 440 g/mol. The van der Waals surface area contributed by atoms with Crippen molar-refractivity contribution in [2.75, 3.05) is 31.1 Å². The molecule has 7 heteroatoms. The van der Waals surface area contributed by atoms with Crippen LogP contribution >= 0.6 is 0 Å². The van der Waals surface area contributed by atoms with E-state index in [2.05, 4.69) is 57.6 Å². The van der Waals surface area contributed by atoms with Crippen molar-refractivity contribution in [3.8, 4) is 12.3 Å². The largest absolute Gasteiger partial charge is 0.494 e. The SMILES string of the molecule is C#CCc1cc(B2OC(C)(C)C(C)(C)O2)cc(N2CCN(C(=O)OC(C)(C)C)CC2)c1C. The minimum absolute atomic E-state index is 0.257. The van der Waals surface area contributed by atoms with Crippen LogP contribution in [0.15, 0.2) is 12.1 Å². The molecule has 6 nitrogen and oxygen atoms in total. The molecule has 0 spiro atoms. The Kier molecular flexibility index (Phi) is 6.61. The van der Waals surface area contributed by atoms with Gasteiger partial charge in [-0.3, -0.25) is 0 Å². The van der Waals surface area contributed by atoms with E-state index in [4.69, 9.17) is 20.5 Å². The summed E-state index contributed by atoms with van der Waals surface area (Å²) in [6.07, 6.45) is 5.95. The van der Waals surface area contributed by atoms with Crippen molar-refractivity contribution in [2.45, 2.75) is 78.6 Å². The number of hydrogen-bond acceptors (Lipinski definition) is 5. The predicted molar refractivity (Wildman–Crippen MR) is 129 cm³/mol. The maximum Gasteiger partial charge on any atom is 0.494 e. The lowest BCUT2D eigenvalue weighted by atomic mass is 9.76. The molecule has 2 fully saturated rings. The predicted octanol–water partition coefficient (Wildman–Crippen LogP) is 3.53. The highest BCUT2D eigenvalue weighted by Gasteiger charge is 2.52. The molecule has 1 aromatic carbocycles. The Hall–Kier alpha value is -2.17. The molecule has 0 N–H and O–H groups in total. The molecule has 1 amide bonds. The number of carbonyl (C=O) groups excluding carboxylic acids is 1. The fourth-order valence-corrected chi connectivity index (χ4v) is 3.98.